The largest absolute Gasteiger partial charge is 0.361 e. The van der Waals surface area contributed by atoms with Crippen LogP contribution < -0.4 is 10.6 Å². The summed E-state index contributed by atoms with van der Waals surface area (Å²) in [5.41, 5.74) is 0.396. The zero-order chi connectivity index (χ0) is 15.4. The van der Waals surface area contributed by atoms with Gasteiger partial charge in [0.05, 0.1) is 0 Å². The van der Waals surface area contributed by atoms with Crippen molar-refractivity contribution in [3.63, 3.8) is 0 Å². The highest BCUT2D eigenvalue weighted by molar-refractivity contribution is 7.15. The Balaban J connectivity index is 1.96. The van der Waals surface area contributed by atoms with Crippen LogP contribution in [0.5, 0.6) is 0 Å². The van der Waals surface area contributed by atoms with Crippen molar-refractivity contribution in [2.75, 3.05) is 17.2 Å². The average molecular weight is 325 g/mol. The zero-order valence-corrected chi connectivity index (χ0v) is 14.1. The number of nitrogens with zero attached hydrogens (tertiary/aromatic N) is 3. The summed E-state index contributed by atoms with van der Waals surface area (Å²) in [6.45, 7) is 9.16. The van der Waals surface area contributed by atoms with E-state index in [9.17, 15) is 4.79 Å². The number of rotatable bonds is 6. The van der Waals surface area contributed by atoms with Crippen LogP contribution in [0.2, 0.25) is 0 Å². The zero-order valence-electron chi connectivity index (χ0n) is 12.5. The van der Waals surface area contributed by atoms with E-state index in [1.54, 1.807) is 5.38 Å². The van der Waals surface area contributed by atoms with Crippen molar-refractivity contribution >= 4 is 38.8 Å². The summed E-state index contributed by atoms with van der Waals surface area (Å²) in [5, 5.41) is 17.9. The van der Waals surface area contributed by atoms with Crippen molar-refractivity contribution in [1.82, 2.24) is 15.2 Å². The maximum absolute atomic E-state index is 12.1. The number of aromatic nitrogens is 3. The molecule has 2 aromatic heterocycles. The van der Waals surface area contributed by atoms with Gasteiger partial charge >= 0.3 is 0 Å². The van der Waals surface area contributed by atoms with Crippen molar-refractivity contribution in [2.45, 2.75) is 33.6 Å². The van der Waals surface area contributed by atoms with E-state index >= 15 is 0 Å². The van der Waals surface area contributed by atoms with Gasteiger partial charge in [-0.3, -0.25) is 10.1 Å². The van der Waals surface area contributed by atoms with Gasteiger partial charge in [0.25, 0.3) is 5.91 Å². The molecule has 0 fully saturated rings. The number of amides is 1. The SMILES string of the molecule is CC(C)CNc1nc(C(=O)Nc2nnc(C(C)C)s2)cs1. The minimum atomic E-state index is -0.254. The summed E-state index contributed by atoms with van der Waals surface area (Å²) in [6.07, 6.45) is 0. The van der Waals surface area contributed by atoms with Gasteiger partial charge in [-0.1, -0.05) is 39.0 Å². The Morgan fingerprint density at radius 1 is 1.24 bits per heavy atom. The first-order chi connectivity index (χ1) is 9.95. The summed E-state index contributed by atoms with van der Waals surface area (Å²) in [5.74, 6) is 0.580. The van der Waals surface area contributed by atoms with Gasteiger partial charge in [0, 0.05) is 17.8 Å². The van der Waals surface area contributed by atoms with Gasteiger partial charge in [-0.25, -0.2) is 4.98 Å². The minimum Gasteiger partial charge on any atom is -0.361 e. The Kier molecular flexibility index (Phi) is 5.24. The summed E-state index contributed by atoms with van der Waals surface area (Å²) < 4.78 is 0. The predicted octanol–water partition coefficient (Wildman–Crippen LogP) is 3.44. The average Bonchev–Trinajstić information content (AvgIpc) is 3.04. The van der Waals surface area contributed by atoms with Gasteiger partial charge in [0.1, 0.15) is 10.7 Å². The molecule has 6 nitrogen and oxygen atoms in total. The van der Waals surface area contributed by atoms with Crippen molar-refractivity contribution < 1.29 is 4.79 Å². The summed E-state index contributed by atoms with van der Waals surface area (Å²) >= 11 is 2.82. The second-order valence-electron chi connectivity index (χ2n) is 5.37. The fraction of sp³-hybridized carbons (Fsp3) is 0.538. The first-order valence-electron chi connectivity index (χ1n) is 6.80. The van der Waals surface area contributed by atoms with Crippen LogP contribution in [0.1, 0.15) is 49.1 Å². The number of thiazole rings is 1. The summed E-state index contributed by atoms with van der Waals surface area (Å²) in [6, 6.07) is 0. The highest BCUT2D eigenvalue weighted by Crippen LogP contribution is 2.23. The van der Waals surface area contributed by atoms with Gasteiger partial charge in [0.15, 0.2) is 5.13 Å². The number of nitrogens with one attached hydrogen (secondary N) is 2. The first kappa shape index (κ1) is 15.8. The predicted molar refractivity (Wildman–Crippen MR) is 87.4 cm³/mol. The van der Waals surface area contributed by atoms with Gasteiger partial charge in [-0.2, -0.15) is 0 Å². The van der Waals surface area contributed by atoms with Crippen LogP contribution in [-0.2, 0) is 0 Å². The smallest absolute Gasteiger partial charge is 0.277 e. The van der Waals surface area contributed by atoms with Crippen molar-refractivity contribution in [3.8, 4) is 0 Å². The maximum Gasteiger partial charge on any atom is 0.277 e. The molecule has 0 spiro atoms. The first-order valence-corrected chi connectivity index (χ1v) is 8.49. The van der Waals surface area contributed by atoms with Gasteiger partial charge in [0.2, 0.25) is 5.13 Å². The van der Waals surface area contributed by atoms with Crippen LogP contribution in [0.4, 0.5) is 10.3 Å². The molecule has 0 radical (unpaired) electrons. The van der Waals surface area contributed by atoms with E-state index in [1.807, 2.05) is 13.8 Å². The van der Waals surface area contributed by atoms with Crippen LogP contribution in [-0.4, -0.2) is 27.6 Å². The number of hydrogen-bond donors (Lipinski definition) is 2. The molecular weight excluding hydrogens is 306 g/mol. The number of hydrogen-bond acceptors (Lipinski definition) is 7. The highest BCUT2D eigenvalue weighted by Gasteiger charge is 2.14. The lowest BCUT2D eigenvalue weighted by Crippen LogP contribution is -2.13. The minimum absolute atomic E-state index is 0.254. The molecule has 0 bridgehead atoms. The third-order valence-electron chi connectivity index (χ3n) is 2.55. The molecule has 0 aromatic carbocycles. The lowest BCUT2D eigenvalue weighted by Gasteiger charge is -2.04. The molecule has 114 valence electrons. The van der Waals surface area contributed by atoms with E-state index in [-0.39, 0.29) is 5.91 Å². The topological polar surface area (TPSA) is 79.8 Å². The number of anilines is 2. The molecule has 0 saturated carbocycles. The second-order valence-corrected chi connectivity index (χ2v) is 7.23. The normalized spacial score (nSPS) is 11.1. The summed E-state index contributed by atoms with van der Waals surface area (Å²) in [7, 11) is 0. The van der Waals surface area contributed by atoms with Crippen LogP contribution in [0.15, 0.2) is 5.38 Å². The number of carbonyl (C=O) groups excluding carboxylic acids is 1. The molecule has 2 aromatic rings. The van der Waals surface area contributed by atoms with Gasteiger partial charge in [-0.05, 0) is 5.92 Å². The Bertz CT molecular complexity index is 605. The molecule has 0 aliphatic rings. The lowest BCUT2D eigenvalue weighted by molar-refractivity contribution is 0.102. The monoisotopic (exact) mass is 325 g/mol. The van der Waals surface area contributed by atoms with E-state index < -0.39 is 0 Å². The maximum atomic E-state index is 12.1. The molecule has 2 rings (SSSR count). The third-order valence-corrected chi connectivity index (χ3v) is 4.49. The fourth-order valence-corrected chi connectivity index (χ4v) is 2.87. The van der Waals surface area contributed by atoms with E-state index in [0.717, 1.165) is 16.7 Å². The molecule has 21 heavy (non-hydrogen) atoms. The Morgan fingerprint density at radius 2 is 2.00 bits per heavy atom. The Labute approximate surface area is 132 Å². The van der Waals surface area contributed by atoms with Crippen molar-refractivity contribution in [3.05, 3.63) is 16.1 Å². The number of carbonyl (C=O) groups is 1. The van der Waals surface area contributed by atoms with Crippen molar-refractivity contribution in [1.29, 1.82) is 0 Å². The third kappa shape index (κ3) is 4.47. The quantitative estimate of drug-likeness (QED) is 0.850. The molecule has 0 saturated heterocycles. The standard InChI is InChI=1S/C13H19N5OS2/c1-7(2)5-14-12-15-9(6-20-12)10(19)16-13-18-17-11(21-13)8(3)4/h6-8H,5H2,1-4H3,(H,14,15)(H,16,18,19). The molecule has 0 aliphatic carbocycles. The van der Waals surface area contributed by atoms with E-state index in [2.05, 4.69) is 39.7 Å². The Morgan fingerprint density at radius 3 is 2.62 bits per heavy atom. The van der Waals surface area contributed by atoms with E-state index in [0.29, 0.717) is 22.7 Å². The van der Waals surface area contributed by atoms with E-state index in [1.165, 1.54) is 22.7 Å². The van der Waals surface area contributed by atoms with Crippen LogP contribution in [0.3, 0.4) is 0 Å². The molecular formula is C13H19N5OS2. The molecule has 2 heterocycles. The summed E-state index contributed by atoms with van der Waals surface area (Å²) in [4.78, 5) is 16.4. The molecule has 0 unspecified atom stereocenters. The van der Waals surface area contributed by atoms with Crippen LogP contribution in [0.25, 0.3) is 0 Å². The molecule has 0 atom stereocenters. The molecule has 0 aliphatic heterocycles. The van der Waals surface area contributed by atoms with Crippen molar-refractivity contribution in [2.24, 2.45) is 5.92 Å². The van der Waals surface area contributed by atoms with Crippen LogP contribution in [0, 0.1) is 5.92 Å². The lowest BCUT2D eigenvalue weighted by atomic mass is 10.2. The van der Waals surface area contributed by atoms with Crippen LogP contribution >= 0.6 is 22.7 Å². The fourth-order valence-electron chi connectivity index (χ4n) is 1.43. The molecule has 2 N–H and O–H groups in total. The van der Waals surface area contributed by atoms with Gasteiger partial charge in [-0.15, -0.1) is 21.5 Å². The molecule has 8 heteroatoms. The molecule has 1 amide bonds. The van der Waals surface area contributed by atoms with E-state index in [4.69, 9.17) is 0 Å². The van der Waals surface area contributed by atoms with Gasteiger partial charge < -0.3 is 5.32 Å². The second kappa shape index (κ2) is 6.95. The Hall–Kier alpha value is -1.54. The highest BCUT2D eigenvalue weighted by atomic mass is 32.1.